The molecule has 1 unspecified atom stereocenters. The van der Waals surface area contributed by atoms with Crippen molar-refractivity contribution < 1.29 is 0 Å². The highest BCUT2D eigenvalue weighted by molar-refractivity contribution is 5.55. The van der Waals surface area contributed by atoms with E-state index in [4.69, 9.17) is 0 Å². The van der Waals surface area contributed by atoms with Crippen LogP contribution in [0.2, 0.25) is 0 Å². The number of para-hydroxylation sites is 2. The Morgan fingerprint density at radius 3 is 2.06 bits per heavy atom. The molecule has 0 radical (unpaired) electrons. The maximum Gasteiger partial charge on any atom is 0.0575 e. The normalized spacial score (nSPS) is 11.9. The summed E-state index contributed by atoms with van der Waals surface area (Å²) >= 11 is 0. The van der Waals surface area contributed by atoms with E-state index in [2.05, 4.69) is 60.7 Å². The molecule has 2 heteroatoms. The van der Waals surface area contributed by atoms with Gasteiger partial charge in [-0.15, -0.1) is 0 Å². The van der Waals surface area contributed by atoms with E-state index in [0.717, 1.165) is 12.1 Å². The van der Waals surface area contributed by atoms with Crippen LogP contribution >= 0.6 is 0 Å². The first-order valence-corrected chi connectivity index (χ1v) is 6.47. The van der Waals surface area contributed by atoms with Crippen molar-refractivity contribution in [3.05, 3.63) is 60.7 Å². The number of nitrogens with zero attached hydrogens (tertiary/aromatic N) is 1. The number of hydrogen-bond acceptors (Lipinski definition) is 2. The zero-order chi connectivity index (χ0) is 12.8. The molecular formula is C16H20N2. The monoisotopic (exact) mass is 240 g/mol. The summed E-state index contributed by atoms with van der Waals surface area (Å²) < 4.78 is 0. The van der Waals surface area contributed by atoms with E-state index in [0.29, 0.717) is 6.04 Å². The lowest BCUT2D eigenvalue weighted by molar-refractivity contribution is 0.659. The minimum Gasteiger partial charge on any atom is -0.298 e. The summed E-state index contributed by atoms with van der Waals surface area (Å²) in [6.45, 7) is 4.43. The third kappa shape index (κ3) is 3.04. The lowest BCUT2D eigenvalue weighted by Crippen LogP contribution is -2.37. The fourth-order valence-corrected chi connectivity index (χ4v) is 1.85. The Labute approximate surface area is 109 Å². The number of nitrogens with one attached hydrogen (secondary N) is 1. The van der Waals surface area contributed by atoms with Crippen molar-refractivity contribution in [1.29, 1.82) is 0 Å². The van der Waals surface area contributed by atoms with Crippen molar-refractivity contribution in [2.45, 2.75) is 26.3 Å². The van der Waals surface area contributed by atoms with Gasteiger partial charge in [-0.2, -0.15) is 0 Å². The fraction of sp³-hybridized carbons (Fsp3) is 0.250. The molecule has 0 fully saturated rings. The molecule has 1 atom stereocenters. The summed E-state index contributed by atoms with van der Waals surface area (Å²) in [5.74, 6) is 0. The SMILES string of the molecule is CCC(C)N(Nc1ccccc1)c1ccccc1. The summed E-state index contributed by atoms with van der Waals surface area (Å²) in [5, 5.41) is 2.22. The number of anilines is 2. The predicted octanol–water partition coefficient (Wildman–Crippen LogP) is 4.32. The molecule has 0 saturated heterocycles. The Kier molecular flexibility index (Phi) is 4.24. The van der Waals surface area contributed by atoms with Gasteiger partial charge in [-0.05, 0) is 37.6 Å². The molecule has 0 saturated carbocycles. The van der Waals surface area contributed by atoms with Crippen molar-refractivity contribution in [1.82, 2.24) is 0 Å². The summed E-state index contributed by atoms with van der Waals surface area (Å²) in [7, 11) is 0. The Bertz CT molecular complexity index is 453. The van der Waals surface area contributed by atoms with E-state index >= 15 is 0 Å². The first-order valence-electron chi connectivity index (χ1n) is 6.47. The van der Waals surface area contributed by atoms with Gasteiger partial charge in [0.2, 0.25) is 0 Å². The highest BCUT2D eigenvalue weighted by Crippen LogP contribution is 2.19. The molecule has 0 aliphatic heterocycles. The third-order valence-electron chi connectivity index (χ3n) is 3.09. The standard InChI is InChI=1S/C16H20N2/c1-3-14(2)18(16-12-8-5-9-13-16)17-15-10-6-4-7-11-15/h4-14,17H,3H2,1-2H3. The zero-order valence-electron chi connectivity index (χ0n) is 11.0. The van der Waals surface area contributed by atoms with Gasteiger partial charge in [-0.1, -0.05) is 43.3 Å². The molecule has 0 aromatic heterocycles. The first-order chi connectivity index (χ1) is 8.81. The van der Waals surface area contributed by atoms with Gasteiger partial charge in [0.05, 0.1) is 11.4 Å². The second-order valence-electron chi connectivity index (χ2n) is 4.44. The third-order valence-corrected chi connectivity index (χ3v) is 3.09. The zero-order valence-corrected chi connectivity index (χ0v) is 11.0. The van der Waals surface area contributed by atoms with Gasteiger partial charge in [0.25, 0.3) is 0 Å². The molecule has 0 bridgehead atoms. The van der Waals surface area contributed by atoms with Crippen LogP contribution in [0.3, 0.4) is 0 Å². The van der Waals surface area contributed by atoms with Crippen LogP contribution in [0, 0.1) is 0 Å². The van der Waals surface area contributed by atoms with Gasteiger partial charge >= 0.3 is 0 Å². The van der Waals surface area contributed by atoms with E-state index in [1.165, 1.54) is 5.69 Å². The number of hydrazine groups is 1. The quantitative estimate of drug-likeness (QED) is 0.783. The van der Waals surface area contributed by atoms with E-state index < -0.39 is 0 Å². The minimum absolute atomic E-state index is 0.438. The van der Waals surface area contributed by atoms with Crippen LogP contribution in [-0.4, -0.2) is 6.04 Å². The molecule has 1 N–H and O–H groups in total. The Morgan fingerprint density at radius 1 is 0.944 bits per heavy atom. The lowest BCUT2D eigenvalue weighted by Gasteiger charge is -2.32. The number of benzene rings is 2. The second-order valence-corrected chi connectivity index (χ2v) is 4.44. The highest BCUT2D eigenvalue weighted by atomic mass is 15.5. The number of rotatable bonds is 5. The average molecular weight is 240 g/mol. The highest BCUT2D eigenvalue weighted by Gasteiger charge is 2.12. The predicted molar refractivity (Wildman–Crippen MR) is 78.7 cm³/mol. The maximum absolute atomic E-state index is 3.48. The van der Waals surface area contributed by atoms with Crippen LogP contribution in [0.5, 0.6) is 0 Å². The van der Waals surface area contributed by atoms with Crippen LogP contribution in [-0.2, 0) is 0 Å². The molecule has 2 aromatic rings. The molecule has 0 amide bonds. The second kappa shape index (κ2) is 6.10. The van der Waals surface area contributed by atoms with Crippen molar-refractivity contribution in [2.24, 2.45) is 0 Å². The Balaban J connectivity index is 2.21. The molecule has 0 aliphatic rings. The van der Waals surface area contributed by atoms with E-state index in [9.17, 15) is 0 Å². The van der Waals surface area contributed by atoms with Crippen LogP contribution in [0.25, 0.3) is 0 Å². The van der Waals surface area contributed by atoms with E-state index in [-0.39, 0.29) is 0 Å². The summed E-state index contributed by atoms with van der Waals surface area (Å²) in [6.07, 6.45) is 1.09. The van der Waals surface area contributed by atoms with Gasteiger partial charge in [-0.3, -0.25) is 10.4 Å². The van der Waals surface area contributed by atoms with Crippen LogP contribution in [0.15, 0.2) is 60.7 Å². The van der Waals surface area contributed by atoms with E-state index in [1.807, 2.05) is 24.3 Å². The molecule has 18 heavy (non-hydrogen) atoms. The van der Waals surface area contributed by atoms with Crippen LogP contribution < -0.4 is 10.4 Å². The fourth-order valence-electron chi connectivity index (χ4n) is 1.85. The number of hydrogen-bond donors (Lipinski definition) is 1. The molecule has 0 aliphatic carbocycles. The van der Waals surface area contributed by atoms with Crippen molar-refractivity contribution in [2.75, 3.05) is 10.4 Å². The van der Waals surface area contributed by atoms with Gasteiger partial charge in [0, 0.05) is 6.04 Å². The molecule has 94 valence electrons. The lowest BCUT2D eigenvalue weighted by atomic mass is 10.2. The summed E-state index contributed by atoms with van der Waals surface area (Å²) in [5.41, 5.74) is 5.78. The largest absolute Gasteiger partial charge is 0.298 e. The smallest absolute Gasteiger partial charge is 0.0575 e. The topological polar surface area (TPSA) is 15.3 Å². The molecule has 2 rings (SSSR count). The van der Waals surface area contributed by atoms with Crippen molar-refractivity contribution in [3.8, 4) is 0 Å². The molecule has 2 aromatic carbocycles. The molecule has 2 nitrogen and oxygen atoms in total. The Morgan fingerprint density at radius 2 is 1.50 bits per heavy atom. The summed E-state index contributed by atoms with van der Waals surface area (Å²) in [6, 6.07) is 21.1. The molecule has 0 spiro atoms. The first kappa shape index (κ1) is 12.5. The molecule has 0 heterocycles. The summed E-state index contributed by atoms with van der Waals surface area (Å²) in [4.78, 5) is 0. The molecular weight excluding hydrogens is 220 g/mol. The van der Waals surface area contributed by atoms with Gasteiger partial charge in [0.15, 0.2) is 0 Å². The maximum atomic E-state index is 3.48. The van der Waals surface area contributed by atoms with Gasteiger partial charge in [0.1, 0.15) is 0 Å². The average Bonchev–Trinajstić information content (AvgIpc) is 2.46. The minimum atomic E-state index is 0.438. The van der Waals surface area contributed by atoms with Crippen molar-refractivity contribution in [3.63, 3.8) is 0 Å². The van der Waals surface area contributed by atoms with Crippen LogP contribution in [0.4, 0.5) is 11.4 Å². The van der Waals surface area contributed by atoms with Crippen molar-refractivity contribution >= 4 is 11.4 Å². The van der Waals surface area contributed by atoms with Gasteiger partial charge < -0.3 is 0 Å². The van der Waals surface area contributed by atoms with Crippen LogP contribution in [0.1, 0.15) is 20.3 Å². The van der Waals surface area contributed by atoms with E-state index in [1.54, 1.807) is 0 Å². The van der Waals surface area contributed by atoms with Gasteiger partial charge in [-0.25, -0.2) is 0 Å². The Hall–Kier alpha value is -1.96.